The largest absolute Gasteiger partial charge is 0.356 e. The molecule has 0 saturated carbocycles. The molecular formula is C14H25N5S. The molecule has 6 heteroatoms. The fourth-order valence-corrected chi connectivity index (χ4v) is 3.64. The molecule has 1 fully saturated rings. The van der Waals surface area contributed by atoms with E-state index in [0.29, 0.717) is 4.75 Å². The van der Waals surface area contributed by atoms with E-state index in [4.69, 9.17) is 0 Å². The molecule has 1 aliphatic rings. The Hall–Kier alpha value is -1.17. The summed E-state index contributed by atoms with van der Waals surface area (Å²) in [6, 6.07) is 0. The van der Waals surface area contributed by atoms with Gasteiger partial charge in [-0.3, -0.25) is 9.67 Å². The highest BCUT2D eigenvalue weighted by Gasteiger charge is 2.29. The molecule has 2 rings (SSSR count). The first-order chi connectivity index (χ1) is 9.61. The van der Waals surface area contributed by atoms with Crippen molar-refractivity contribution in [2.24, 2.45) is 12.0 Å². The second-order valence-electron chi connectivity index (χ2n) is 5.53. The molecule has 2 heterocycles. The van der Waals surface area contributed by atoms with Crippen LogP contribution in [0, 0.1) is 0 Å². The zero-order chi connectivity index (χ0) is 14.4. The van der Waals surface area contributed by atoms with E-state index in [0.717, 1.165) is 25.5 Å². The summed E-state index contributed by atoms with van der Waals surface area (Å²) in [6.45, 7) is 4.18. The van der Waals surface area contributed by atoms with Crippen LogP contribution >= 0.6 is 11.8 Å². The van der Waals surface area contributed by atoms with Crippen molar-refractivity contribution in [3.8, 4) is 0 Å². The first-order valence-electron chi connectivity index (χ1n) is 7.17. The number of hydrogen-bond acceptors (Lipinski definition) is 3. The maximum absolute atomic E-state index is 4.28. The lowest BCUT2D eigenvalue weighted by Crippen LogP contribution is -2.44. The molecule has 2 N–H and O–H groups in total. The monoisotopic (exact) mass is 295 g/mol. The Morgan fingerprint density at radius 1 is 1.55 bits per heavy atom. The van der Waals surface area contributed by atoms with E-state index >= 15 is 0 Å². The van der Waals surface area contributed by atoms with Gasteiger partial charge >= 0.3 is 0 Å². The molecule has 112 valence electrons. The summed E-state index contributed by atoms with van der Waals surface area (Å²) in [5, 5.41) is 11.0. The number of rotatable bonds is 5. The number of hydrogen-bond donors (Lipinski definition) is 2. The van der Waals surface area contributed by atoms with Crippen LogP contribution in [-0.2, 0) is 13.5 Å². The average Bonchev–Trinajstić information content (AvgIpc) is 3.03. The van der Waals surface area contributed by atoms with Gasteiger partial charge < -0.3 is 10.6 Å². The van der Waals surface area contributed by atoms with Crippen LogP contribution < -0.4 is 10.6 Å². The van der Waals surface area contributed by atoms with Crippen molar-refractivity contribution in [3.05, 3.63) is 18.0 Å². The third kappa shape index (κ3) is 4.44. The van der Waals surface area contributed by atoms with Crippen molar-refractivity contribution < 1.29 is 0 Å². The predicted molar refractivity (Wildman–Crippen MR) is 86.4 cm³/mol. The summed E-state index contributed by atoms with van der Waals surface area (Å²) in [6.07, 6.45) is 7.54. The first-order valence-corrected chi connectivity index (χ1v) is 8.16. The third-order valence-electron chi connectivity index (χ3n) is 3.62. The molecule has 0 aliphatic carbocycles. The lowest BCUT2D eigenvalue weighted by molar-refractivity contribution is 0.584. The number of guanidine groups is 1. The second kappa shape index (κ2) is 7.02. The van der Waals surface area contributed by atoms with Crippen molar-refractivity contribution in [2.75, 3.05) is 25.9 Å². The van der Waals surface area contributed by atoms with Crippen molar-refractivity contribution in [1.29, 1.82) is 0 Å². The quantitative estimate of drug-likeness (QED) is 0.637. The van der Waals surface area contributed by atoms with Crippen LogP contribution in [0.3, 0.4) is 0 Å². The van der Waals surface area contributed by atoms with Crippen molar-refractivity contribution in [3.63, 3.8) is 0 Å². The number of nitrogens with one attached hydrogen (secondary N) is 2. The Morgan fingerprint density at radius 2 is 2.40 bits per heavy atom. The molecule has 1 aromatic heterocycles. The number of thioether (sulfide) groups is 1. The van der Waals surface area contributed by atoms with E-state index in [-0.39, 0.29) is 0 Å². The number of aliphatic imine (C=N–C) groups is 1. The van der Waals surface area contributed by atoms with Crippen LogP contribution in [0.1, 0.15) is 25.3 Å². The van der Waals surface area contributed by atoms with Crippen LogP contribution in [0.5, 0.6) is 0 Å². The van der Waals surface area contributed by atoms with Crippen LogP contribution in [0.15, 0.2) is 17.4 Å². The minimum absolute atomic E-state index is 0.362. The van der Waals surface area contributed by atoms with Gasteiger partial charge in [-0.05, 0) is 37.5 Å². The smallest absolute Gasteiger partial charge is 0.191 e. The first kappa shape index (κ1) is 15.2. The Kier molecular flexibility index (Phi) is 5.34. The molecule has 0 aromatic carbocycles. The minimum Gasteiger partial charge on any atom is -0.356 e. The Bertz CT molecular complexity index is 448. The van der Waals surface area contributed by atoms with Crippen molar-refractivity contribution >= 4 is 17.7 Å². The van der Waals surface area contributed by atoms with Gasteiger partial charge in [-0.2, -0.15) is 16.9 Å². The highest BCUT2D eigenvalue weighted by Crippen LogP contribution is 2.36. The lowest BCUT2D eigenvalue weighted by Gasteiger charge is -2.24. The zero-order valence-corrected chi connectivity index (χ0v) is 13.5. The number of aromatic nitrogens is 2. The summed E-state index contributed by atoms with van der Waals surface area (Å²) in [5.41, 5.74) is 1.24. The van der Waals surface area contributed by atoms with Gasteiger partial charge in [0.05, 0.1) is 6.20 Å². The number of nitrogens with zero attached hydrogens (tertiary/aromatic N) is 3. The molecule has 5 nitrogen and oxygen atoms in total. The van der Waals surface area contributed by atoms with Gasteiger partial charge in [0.2, 0.25) is 0 Å². The van der Waals surface area contributed by atoms with E-state index in [1.165, 1.54) is 24.2 Å². The molecule has 0 amide bonds. The SMILES string of the molecule is CN=C(NCCc1cnn(C)c1)NCC1(C)CCCS1. The summed E-state index contributed by atoms with van der Waals surface area (Å²) in [5.74, 6) is 2.17. The molecule has 0 radical (unpaired) electrons. The molecular weight excluding hydrogens is 270 g/mol. The highest BCUT2D eigenvalue weighted by molar-refractivity contribution is 8.00. The molecule has 1 aromatic rings. The third-order valence-corrected chi connectivity index (χ3v) is 5.16. The van der Waals surface area contributed by atoms with Gasteiger partial charge in [-0.15, -0.1) is 0 Å². The average molecular weight is 295 g/mol. The summed E-state index contributed by atoms with van der Waals surface area (Å²) in [7, 11) is 3.76. The summed E-state index contributed by atoms with van der Waals surface area (Å²) in [4.78, 5) is 4.28. The standard InChI is InChI=1S/C14H25N5S/c1-14(6-4-8-20-14)11-17-13(15-2)16-7-5-12-9-18-19(3)10-12/h9-10H,4-8,11H2,1-3H3,(H2,15,16,17). The maximum Gasteiger partial charge on any atom is 0.191 e. The van der Waals surface area contributed by atoms with E-state index in [9.17, 15) is 0 Å². The molecule has 1 atom stereocenters. The van der Waals surface area contributed by atoms with E-state index in [1.807, 2.05) is 31.2 Å². The van der Waals surface area contributed by atoms with Crippen LogP contribution in [0.25, 0.3) is 0 Å². The van der Waals surface area contributed by atoms with Crippen molar-refractivity contribution in [2.45, 2.75) is 30.9 Å². The fraction of sp³-hybridized carbons (Fsp3) is 0.714. The molecule has 20 heavy (non-hydrogen) atoms. The summed E-state index contributed by atoms with van der Waals surface area (Å²) >= 11 is 2.06. The van der Waals surface area contributed by atoms with Gasteiger partial charge in [0.1, 0.15) is 0 Å². The zero-order valence-electron chi connectivity index (χ0n) is 12.6. The normalized spacial score (nSPS) is 23.1. The topological polar surface area (TPSA) is 54.2 Å². The summed E-state index contributed by atoms with van der Waals surface area (Å²) < 4.78 is 2.20. The van der Waals surface area contributed by atoms with Gasteiger partial charge in [0.25, 0.3) is 0 Å². The lowest BCUT2D eigenvalue weighted by atomic mass is 10.1. The molecule has 1 unspecified atom stereocenters. The van der Waals surface area contributed by atoms with Gasteiger partial charge in [0, 0.05) is 38.1 Å². The fourth-order valence-electron chi connectivity index (χ4n) is 2.39. The highest BCUT2D eigenvalue weighted by atomic mass is 32.2. The molecule has 1 saturated heterocycles. The van der Waals surface area contributed by atoms with Gasteiger partial charge in [-0.1, -0.05) is 0 Å². The maximum atomic E-state index is 4.28. The van der Waals surface area contributed by atoms with Gasteiger partial charge in [0.15, 0.2) is 5.96 Å². The Balaban J connectivity index is 1.70. The molecule has 1 aliphatic heterocycles. The van der Waals surface area contributed by atoms with E-state index in [2.05, 4.69) is 39.4 Å². The van der Waals surface area contributed by atoms with Gasteiger partial charge in [-0.25, -0.2) is 0 Å². The Labute approximate surface area is 125 Å². The van der Waals surface area contributed by atoms with Crippen LogP contribution in [0.4, 0.5) is 0 Å². The Morgan fingerprint density at radius 3 is 3.00 bits per heavy atom. The van der Waals surface area contributed by atoms with E-state index < -0.39 is 0 Å². The minimum atomic E-state index is 0.362. The van der Waals surface area contributed by atoms with Crippen molar-refractivity contribution in [1.82, 2.24) is 20.4 Å². The second-order valence-corrected chi connectivity index (χ2v) is 7.21. The predicted octanol–water partition coefficient (Wildman–Crippen LogP) is 1.41. The molecule has 0 spiro atoms. The van der Waals surface area contributed by atoms with Crippen LogP contribution in [-0.4, -0.2) is 46.4 Å². The van der Waals surface area contributed by atoms with Crippen LogP contribution in [0.2, 0.25) is 0 Å². The van der Waals surface area contributed by atoms with E-state index in [1.54, 1.807) is 0 Å². The molecule has 0 bridgehead atoms. The number of aryl methyl sites for hydroxylation is 1.